The fourth-order valence-corrected chi connectivity index (χ4v) is 3.13. The summed E-state index contributed by atoms with van der Waals surface area (Å²) in [6, 6.07) is 7.34. The molecule has 6 nitrogen and oxygen atoms in total. The quantitative estimate of drug-likeness (QED) is 0.781. The maximum absolute atomic E-state index is 12.5. The van der Waals surface area contributed by atoms with Crippen molar-refractivity contribution in [1.82, 2.24) is 19.9 Å². The van der Waals surface area contributed by atoms with Gasteiger partial charge in [0.05, 0.1) is 34.4 Å². The van der Waals surface area contributed by atoms with E-state index in [0.717, 1.165) is 22.7 Å². The van der Waals surface area contributed by atoms with Crippen LogP contribution in [0.3, 0.4) is 0 Å². The lowest BCUT2D eigenvalue weighted by Crippen LogP contribution is -2.03. The zero-order valence-corrected chi connectivity index (χ0v) is 13.2. The molecule has 0 aliphatic rings. The van der Waals surface area contributed by atoms with Crippen molar-refractivity contribution in [2.45, 2.75) is 24.8 Å². The van der Waals surface area contributed by atoms with Crippen LogP contribution in [0.5, 0.6) is 5.75 Å². The number of aromatic nitrogens is 4. The zero-order valence-electron chi connectivity index (χ0n) is 12.4. The Kier molecular flexibility index (Phi) is 4.15. The Morgan fingerprint density at radius 3 is 2.95 bits per heavy atom. The van der Waals surface area contributed by atoms with Gasteiger partial charge in [-0.25, -0.2) is 9.97 Å². The number of fused-ring (bicyclic) bond motifs is 1. The third kappa shape index (κ3) is 3.14. The maximum atomic E-state index is 12.5. The molecule has 1 unspecified atom stereocenters. The number of hydrogen-bond donors (Lipinski definition) is 1. The Bertz CT molecular complexity index is 798. The summed E-state index contributed by atoms with van der Waals surface area (Å²) in [4.78, 5) is 15.8. The molecule has 0 fully saturated rings. The first-order chi connectivity index (χ1) is 10.7. The molecule has 0 aliphatic heterocycles. The van der Waals surface area contributed by atoms with E-state index in [0.29, 0.717) is 17.4 Å². The molecule has 7 heteroatoms. The van der Waals surface area contributed by atoms with Crippen LogP contribution in [0, 0.1) is 6.92 Å². The van der Waals surface area contributed by atoms with Gasteiger partial charge in [0.1, 0.15) is 5.75 Å². The lowest BCUT2D eigenvalue weighted by atomic mass is 10.3. The molecule has 3 aromatic heterocycles. The second kappa shape index (κ2) is 6.23. The van der Waals surface area contributed by atoms with E-state index in [-0.39, 0.29) is 5.75 Å². The van der Waals surface area contributed by atoms with Crippen LogP contribution in [0.15, 0.2) is 35.6 Å². The van der Waals surface area contributed by atoms with Gasteiger partial charge < -0.3 is 9.72 Å². The molecule has 3 heterocycles. The fourth-order valence-electron chi connectivity index (χ4n) is 2.16. The highest BCUT2D eigenvalue weighted by molar-refractivity contribution is 7.84. The lowest BCUT2D eigenvalue weighted by Gasteiger charge is -2.06. The van der Waals surface area contributed by atoms with E-state index in [1.54, 1.807) is 6.20 Å². The number of H-pyrrole nitrogens is 1. The molecule has 0 amide bonds. The lowest BCUT2D eigenvalue weighted by molar-refractivity contribution is 0.339. The highest BCUT2D eigenvalue weighted by Crippen LogP contribution is 2.17. The molecule has 0 bridgehead atoms. The van der Waals surface area contributed by atoms with E-state index in [2.05, 4.69) is 19.9 Å². The number of nitrogens with zero attached hydrogens (tertiary/aromatic N) is 3. The van der Waals surface area contributed by atoms with Gasteiger partial charge in [-0.05, 0) is 26.0 Å². The SMILES string of the molecule is CCOc1cc(C)nc(CS(=O)c2nc3ncccc3[nH]2)c1. The Balaban J connectivity index is 1.84. The van der Waals surface area contributed by atoms with Gasteiger partial charge in [-0.3, -0.25) is 9.19 Å². The highest BCUT2D eigenvalue weighted by atomic mass is 32.2. The molecular weight excluding hydrogens is 300 g/mol. The Morgan fingerprint density at radius 1 is 1.32 bits per heavy atom. The molecule has 0 spiro atoms. The first kappa shape index (κ1) is 14.6. The summed E-state index contributed by atoms with van der Waals surface area (Å²) in [6.07, 6.45) is 1.66. The molecule has 1 N–H and O–H groups in total. The van der Waals surface area contributed by atoms with Crippen LogP contribution in [0.4, 0.5) is 0 Å². The molecule has 3 aromatic rings. The predicted molar refractivity (Wildman–Crippen MR) is 84.1 cm³/mol. The van der Waals surface area contributed by atoms with Crippen molar-refractivity contribution in [2.75, 3.05) is 6.61 Å². The first-order valence-electron chi connectivity index (χ1n) is 6.95. The van der Waals surface area contributed by atoms with E-state index >= 15 is 0 Å². The van der Waals surface area contributed by atoms with Gasteiger partial charge in [0.2, 0.25) is 0 Å². The number of pyridine rings is 2. The first-order valence-corrected chi connectivity index (χ1v) is 8.27. The minimum atomic E-state index is -1.31. The van der Waals surface area contributed by atoms with Crippen LogP contribution < -0.4 is 4.74 Å². The average molecular weight is 316 g/mol. The smallest absolute Gasteiger partial charge is 0.199 e. The third-order valence-corrected chi connectivity index (χ3v) is 4.20. The van der Waals surface area contributed by atoms with Crippen molar-refractivity contribution in [3.05, 3.63) is 41.9 Å². The topological polar surface area (TPSA) is 80.8 Å². The van der Waals surface area contributed by atoms with Gasteiger partial charge >= 0.3 is 0 Å². The predicted octanol–water partition coefficient (Wildman–Crippen LogP) is 2.37. The van der Waals surface area contributed by atoms with E-state index in [9.17, 15) is 4.21 Å². The minimum absolute atomic E-state index is 0.279. The molecule has 22 heavy (non-hydrogen) atoms. The van der Waals surface area contributed by atoms with E-state index in [4.69, 9.17) is 4.74 Å². The van der Waals surface area contributed by atoms with Crippen molar-refractivity contribution < 1.29 is 8.95 Å². The van der Waals surface area contributed by atoms with E-state index < -0.39 is 10.8 Å². The van der Waals surface area contributed by atoms with Crippen molar-refractivity contribution >= 4 is 22.0 Å². The van der Waals surface area contributed by atoms with Gasteiger partial charge in [0, 0.05) is 24.0 Å². The number of aromatic amines is 1. The van der Waals surface area contributed by atoms with Crippen molar-refractivity contribution in [3.8, 4) is 5.75 Å². The number of aryl methyl sites for hydroxylation is 1. The Hall–Kier alpha value is -2.28. The van der Waals surface area contributed by atoms with Crippen LogP contribution >= 0.6 is 0 Å². The number of nitrogens with one attached hydrogen (secondary N) is 1. The second-order valence-electron chi connectivity index (χ2n) is 4.77. The van der Waals surface area contributed by atoms with Gasteiger partial charge in [-0.2, -0.15) is 0 Å². The summed E-state index contributed by atoms with van der Waals surface area (Å²) in [5, 5.41) is 0.412. The van der Waals surface area contributed by atoms with Crippen LogP contribution in [0.2, 0.25) is 0 Å². The summed E-state index contributed by atoms with van der Waals surface area (Å²) in [6.45, 7) is 4.40. The minimum Gasteiger partial charge on any atom is -0.494 e. The van der Waals surface area contributed by atoms with Crippen molar-refractivity contribution in [1.29, 1.82) is 0 Å². The van der Waals surface area contributed by atoms with Crippen molar-refractivity contribution in [2.24, 2.45) is 0 Å². The summed E-state index contributed by atoms with van der Waals surface area (Å²) in [5.41, 5.74) is 2.90. The molecule has 0 saturated carbocycles. The van der Waals surface area contributed by atoms with E-state index in [1.807, 2.05) is 38.1 Å². The van der Waals surface area contributed by atoms with Gasteiger partial charge in [-0.15, -0.1) is 0 Å². The summed E-state index contributed by atoms with van der Waals surface area (Å²) >= 11 is 0. The van der Waals surface area contributed by atoms with E-state index in [1.165, 1.54) is 0 Å². The monoisotopic (exact) mass is 316 g/mol. The van der Waals surface area contributed by atoms with Crippen LogP contribution in [0.25, 0.3) is 11.2 Å². The van der Waals surface area contributed by atoms with Crippen molar-refractivity contribution in [3.63, 3.8) is 0 Å². The number of hydrogen-bond acceptors (Lipinski definition) is 5. The molecule has 114 valence electrons. The van der Waals surface area contributed by atoms with Gasteiger partial charge in [0.15, 0.2) is 10.8 Å². The van der Waals surface area contributed by atoms with Crippen LogP contribution in [0.1, 0.15) is 18.3 Å². The van der Waals surface area contributed by atoms with Gasteiger partial charge in [0.25, 0.3) is 0 Å². The fraction of sp³-hybridized carbons (Fsp3) is 0.267. The van der Waals surface area contributed by atoms with Crippen LogP contribution in [-0.4, -0.2) is 30.8 Å². The average Bonchev–Trinajstić information content (AvgIpc) is 2.91. The third-order valence-electron chi connectivity index (χ3n) is 3.02. The molecule has 0 radical (unpaired) electrons. The largest absolute Gasteiger partial charge is 0.494 e. The Morgan fingerprint density at radius 2 is 2.18 bits per heavy atom. The maximum Gasteiger partial charge on any atom is 0.199 e. The number of ether oxygens (including phenoxy) is 1. The molecule has 0 aliphatic carbocycles. The van der Waals surface area contributed by atoms with Crippen LogP contribution in [-0.2, 0) is 16.6 Å². The molecule has 3 rings (SSSR count). The number of imidazole rings is 1. The standard InChI is InChI=1S/C15H16N4O2S/c1-3-21-12-7-10(2)17-11(8-12)9-22(20)15-18-13-5-4-6-16-14(13)19-15/h4-8H,3,9H2,1-2H3,(H,16,18,19). The molecule has 0 aromatic carbocycles. The summed E-state index contributed by atoms with van der Waals surface area (Å²) < 4.78 is 18.0. The highest BCUT2D eigenvalue weighted by Gasteiger charge is 2.13. The normalized spacial score (nSPS) is 12.5. The zero-order chi connectivity index (χ0) is 15.5. The molecule has 1 atom stereocenters. The molecular formula is C15H16N4O2S. The Labute approximate surface area is 130 Å². The second-order valence-corrected chi connectivity index (χ2v) is 6.14. The summed E-state index contributed by atoms with van der Waals surface area (Å²) in [5.74, 6) is 1.02. The van der Waals surface area contributed by atoms with Gasteiger partial charge in [-0.1, -0.05) is 0 Å². The summed E-state index contributed by atoms with van der Waals surface area (Å²) in [7, 11) is -1.31. The number of rotatable bonds is 5. The molecule has 0 saturated heterocycles.